The number of aryl methyl sites for hydroxylation is 1. The lowest BCUT2D eigenvalue weighted by Crippen LogP contribution is -2.00. The lowest BCUT2D eigenvalue weighted by Gasteiger charge is -2.10. The fraction of sp³-hybridized carbons (Fsp3) is 0.200. The summed E-state index contributed by atoms with van der Waals surface area (Å²) >= 11 is 3.47. The molecule has 1 aliphatic rings. The molecule has 0 bridgehead atoms. The number of aromatic hydroxyl groups is 1. The molecule has 0 radical (unpaired) electrons. The van der Waals surface area contributed by atoms with Gasteiger partial charge in [-0.25, -0.2) is 0 Å². The SMILES string of the molecule is Cc1cc(Br)cc(NCc2cc3c(cc2O)OCO3)c1. The molecule has 0 aliphatic carbocycles. The van der Waals surface area contributed by atoms with Gasteiger partial charge in [-0.05, 0) is 36.8 Å². The lowest BCUT2D eigenvalue weighted by atomic mass is 10.1. The zero-order valence-corrected chi connectivity index (χ0v) is 12.5. The van der Waals surface area contributed by atoms with Crippen molar-refractivity contribution in [2.45, 2.75) is 13.5 Å². The molecule has 2 aromatic rings. The summed E-state index contributed by atoms with van der Waals surface area (Å²) < 4.78 is 11.6. The fourth-order valence-corrected chi connectivity index (χ4v) is 2.76. The Morgan fingerprint density at radius 1 is 1.15 bits per heavy atom. The molecule has 0 atom stereocenters. The number of phenolic OH excluding ortho intramolecular Hbond substituents is 1. The van der Waals surface area contributed by atoms with Crippen molar-refractivity contribution in [3.63, 3.8) is 0 Å². The first kappa shape index (κ1) is 13.1. The number of halogens is 1. The van der Waals surface area contributed by atoms with Crippen LogP contribution in [0.2, 0.25) is 0 Å². The minimum absolute atomic E-state index is 0.202. The Bertz CT molecular complexity index is 638. The van der Waals surface area contributed by atoms with Crippen molar-refractivity contribution in [3.05, 3.63) is 45.9 Å². The average Bonchev–Trinajstić information content (AvgIpc) is 2.81. The molecular formula is C15H14BrNO3. The third-order valence-corrected chi connectivity index (χ3v) is 3.56. The van der Waals surface area contributed by atoms with Crippen molar-refractivity contribution in [1.29, 1.82) is 0 Å². The quantitative estimate of drug-likeness (QED) is 0.895. The molecule has 0 fully saturated rings. The molecule has 3 rings (SSSR count). The van der Waals surface area contributed by atoms with Gasteiger partial charge >= 0.3 is 0 Å². The molecule has 0 saturated carbocycles. The van der Waals surface area contributed by atoms with E-state index in [0.717, 1.165) is 21.3 Å². The number of hydrogen-bond donors (Lipinski definition) is 2. The third kappa shape index (κ3) is 2.67. The van der Waals surface area contributed by atoms with E-state index in [1.807, 2.05) is 19.1 Å². The number of fused-ring (bicyclic) bond motifs is 1. The summed E-state index contributed by atoms with van der Waals surface area (Å²) in [7, 11) is 0. The highest BCUT2D eigenvalue weighted by atomic mass is 79.9. The van der Waals surface area contributed by atoms with Crippen LogP contribution in [0.3, 0.4) is 0 Å². The van der Waals surface area contributed by atoms with Gasteiger partial charge in [-0.1, -0.05) is 15.9 Å². The van der Waals surface area contributed by atoms with E-state index in [0.29, 0.717) is 18.0 Å². The molecule has 2 aromatic carbocycles. The molecule has 4 nitrogen and oxygen atoms in total. The van der Waals surface area contributed by atoms with Crippen molar-refractivity contribution < 1.29 is 14.6 Å². The van der Waals surface area contributed by atoms with Gasteiger partial charge in [-0.15, -0.1) is 0 Å². The van der Waals surface area contributed by atoms with Gasteiger partial charge in [-0.2, -0.15) is 0 Å². The van der Waals surface area contributed by atoms with Crippen LogP contribution < -0.4 is 14.8 Å². The van der Waals surface area contributed by atoms with Gasteiger partial charge in [0.2, 0.25) is 6.79 Å². The first-order chi connectivity index (χ1) is 9.61. The number of nitrogens with one attached hydrogen (secondary N) is 1. The van der Waals surface area contributed by atoms with E-state index >= 15 is 0 Å². The molecule has 0 amide bonds. The number of hydrogen-bond acceptors (Lipinski definition) is 4. The van der Waals surface area contributed by atoms with Crippen LogP contribution in [0, 0.1) is 6.92 Å². The number of ether oxygens (including phenoxy) is 2. The van der Waals surface area contributed by atoms with Crippen LogP contribution in [-0.2, 0) is 6.54 Å². The molecule has 1 aliphatic heterocycles. The molecular weight excluding hydrogens is 322 g/mol. The van der Waals surface area contributed by atoms with E-state index in [9.17, 15) is 5.11 Å². The van der Waals surface area contributed by atoms with Crippen molar-refractivity contribution >= 4 is 21.6 Å². The predicted molar refractivity (Wildman–Crippen MR) is 80.4 cm³/mol. The topological polar surface area (TPSA) is 50.7 Å². The van der Waals surface area contributed by atoms with E-state index in [2.05, 4.69) is 27.3 Å². The standard InChI is InChI=1S/C15H14BrNO3/c1-9-2-11(16)5-12(3-9)17-7-10-4-14-15(6-13(10)18)20-8-19-14/h2-6,17-18H,7-8H2,1H3. The van der Waals surface area contributed by atoms with Crippen LogP contribution in [0.5, 0.6) is 17.2 Å². The maximum Gasteiger partial charge on any atom is 0.231 e. The molecule has 2 N–H and O–H groups in total. The highest BCUT2D eigenvalue weighted by Gasteiger charge is 2.16. The summed E-state index contributed by atoms with van der Waals surface area (Å²) in [5, 5.41) is 13.3. The fourth-order valence-electron chi connectivity index (χ4n) is 2.15. The number of phenols is 1. The molecule has 0 saturated heterocycles. The average molecular weight is 336 g/mol. The molecule has 0 unspecified atom stereocenters. The van der Waals surface area contributed by atoms with Gasteiger partial charge in [0.05, 0.1) is 0 Å². The molecule has 20 heavy (non-hydrogen) atoms. The van der Waals surface area contributed by atoms with Crippen LogP contribution in [0.4, 0.5) is 5.69 Å². The van der Waals surface area contributed by atoms with Crippen LogP contribution in [-0.4, -0.2) is 11.9 Å². The largest absolute Gasteiger partial charge is 0.507 e. The molecule has 0 spiro atoms. The number of anilines is 1. The first-order valence-corrected chi connectivity index (χ1v) is 7.04. The summed E-state index contributed by atoms with van der Waals surface area (Å²) in [5.41, 5.74) is 2.93. The molecule has 5 heteroatoms. The summed E-state index contributed by atoms with van der Waals surface area (Å²) in [6, 6.07) is 9.48. The zero-order chi connectivity index (χ0) is 14.1. The number of benzene rings is 2. The van der Waals surface area contributed by atoms with Crippen LogP contribution in [0.1, 0.15) is 11.1 Å². The van der Waals surface area contributed by atoms with E-state index in [-0.39, 0.29) is 12.5 Å². The van der Waals surface area contributed by atoms with Crippen molar-refractivity contribution in [2.75, 3.05) is 12.1 Å². The second-order valence-electron chi connectivity index (χ2n) is 4.70. The minimum Gasteiger partial charge on any atom is -0.507 e. The van der Waals surface area contributed by atoms with Gasteiger partial charge in [0.1, 0.15) is 5.75 Å². The van der Waals surface area contributed by atoms with E-state index in [1.54, 1.807) is 12.1 Å². The second kappa shape index (κ2) is 5.25. The molecule has 104 valence electrons. The first-order valence-electron chi connectivity index (χ1n) is 6.24. The van der Waals surface area contributed by atoms with E-state index in [1.165, 1.54) is 0 Å². The van der Waals surface area contributed by atoms with Crippen LogP contribution >= 0.6 is 15.9 Å². The summed E-state index contributed by atoms with van der Waals surface area (Å²) in [6.07, 6.45) is 0. The van der Waals surface area contributed by atoms with Gasteiger partial charge in [0.25, 0.3) is 0 Å². The van der Waals surface area contributed by atoms with Gasteiger partial charge in [-0.3, -0.25) is 0 Å². The van der Waals surface area contributed by atoms with Crippen molar-refractivity contribution in [3.8, 4) is 17.2 Å². The van der Waals surface area contributed by atoms with Gasteiger partial charge in [0.15, 0.2) is 11.5 Å². The monoisotopic (exact) mass is 335 g/mol. The second-order valence-corrected chi connectivity index (χ2v) is 5.62. The predicted octanol–water partition coefficient (Wildman–Crippen LogP) is 3.80. The van der Waals surface area contributed by atoms with Crippen molar-refractivity contribution in [2.24, 2.45) is 0 Å². The van der Waals surface area contributed by atoms with Crippen LogP contribution in [0.25, 0.3) is 0 Å². The normalized spacial score (nSPS) is 12.5. The smallest absolute Gasteiger partial charge is 0.231 e. The highest BCUT2D eigenvalue weighted by molar-refractivity contribution is 9.10. The Hall–Kier alpha value is -1.88. The Labute approximate surface area is 125 Å². The Balaban J connectivity index is 1.78. The summed E-state index contributed by atoms with van der Waals surface area (Å²) in [5.74, 6) is 1.46. The highest BCUT2D eigenvalue weighted by Crippen LogP contribution is 2.37. The Kier molecular flexibility index (Phi) is 3.44. The minimum atomic E-state index is 0.202. The molecule has 0 aromatic heterocycles. The van der Waals surface area contributed by atoms with Gasteiger partial charge in [0, 0.05) is 28.3 Å². The molecule has 1 heterocycles. The third-order valence-electron chi connectivity index (χ3n) is 3.10. The maximum absolute atomic E-state index is 9.98. The maximum atomic E-state index is 9.98. The van der Waals surface area contributed by atoms with E-state index in [4.69, 9.17) is 9.47 Å². The van der Waals surface area contributed by atoms with Gasteiger partial charge < -0.3 is 19.9 Å². The van der Waals surface area contributed by atoms with Crippen LogP contribution in [0.15, 0.2) is 34.8 Å². The zero-order valence-electron chi connectivity index (χ0n) is 10.9. The Morgan fingerprint density at radius 2 is 1.90 bits per heavy atom. The van der Waals surface area contributed by atoms with E-state index < -0.39 is 0 Å². The summed E-state index contributed by atoms with van der Waals surface area (Å²) in [6.45, 7) is 2.75. The number of rotatable bonds is 3. The van der Waals surface area contributed by atoms with Crippen molar-refractivity contribution in [1.82, 2.24) is 0 Å². The lowest BCUT2D eigenvalue weighted by molar-refractivity contribution is 0.174. The summed E-state index contributed by atoms with van der Waals surface area (Å²) in [4.78, 5) is 0. The Morgan fingerprint density at radius 3 is 2.65 bits per heavy atom.